The van der Waals surface area contributed by atoms with Gasteiger partial charge in [-0.15, -0.1) is 0 Å². The topological polar surface area (TPSA) is 49.7 Å². The standard InChI is InChI=1S/C18H25NO2/c1-12(2)14-7-8-15(13(3)4)17(21)16(14)18(19-11-20)9-5-6-10-18/h7-8,12-13,21H,5-6,9-10H2,1-4H3. The van der Waals surface area contributed by atoms with E-state index in [2.05, 4.69) is 38.8 Å². The Bertz CT molecular complexity index is 563. The summed E-state index contributed by atoms with van der Waals surface area (Å²) in [4.78, 5) is 15.1. The maximum absolute atomic E-state index is 11.0. The van der Waals surface area contributed by atoms with Crippen molar-refractivity contribution in [2.24, 2.45) is 4.99 Å². The highest BCUT2D eigenvalue weighted by Gasteiger charge is 2.40. The van der Waals surface area contributed by atoms with Crippen LogP contribution in [0.25, 0.3) is 0 Å². The first-order valence-electron chi connectivity index (χ1n) is 7.88. The summed E-state index contributed by atoms with van der Waals surface area (Å²) in [6, 6.07) is 4.10. The van der Waals surface area contributed by atoms with Crippen LogP contribution in [0, 0.1) is 0 Å². The number of hydrogen-bond acceptors (Lipinski definition) is 3. The van der Waals surface area contributed by atoms with Crippen LogP contribution in [-0.2, 0) is 10.3 Å². The zero-order valence-electron chi connectivity index (χ0n) is 13.4. The Morgan fingerprint density at radius 1 is 1.10 bits per heavy atom. The van der Waals surface area contributed by atoms with Crippen molar-refractivity contribution in [3.63, 3.8) is 0 Å². The summed E-state index contributed by atoms with van der Waals surface area (Å²) >= 11 is 0. The molecular formula is C18H25NO2. The van der Waals surface area contributed by atoms with E-state index in [1.165, 1.54) is 0 Å². The molecule has 0 radical (unpaired) electrons. The van der Waals surface area contributed by atoms with Gasteiger partial charge in [0.2, 0.25) is 6.08 Å². The van der Waals surface area contributed by atoms with Gasteiger partial charge in [0.25, 0.3) is 0 Å². The van der Waals surface area contributed by atoms with Crippen molar-refractivity contribution in [1.29, 1.82) is 0 Å². The third kappa shape index (κ3) is 2.75. The van der Waals surface area contributed by atoms with Crippen LogP contribution in [0.3, 0.4) is 0 Å². The predicted octanol–water partition coefficient (Wildman–Crippen LogP) is 4.74. The minimum atomic E-state index is -0.573. The molecule has 0 atom stereocenters. The first kappa shape index (κ1) is 15.8. The van der Waals surface area contributed by atoms with Crippen molar-refractivity contribution in [3.8, 4) is 5.75 Å². The molecule has 2 rings (SSSR count). The number of phenols is 1. The normalized spacial score (nSPS) is 17.2. The van der Waals surface area contributed by atoms with E-state index in [0.717, 1.165) is 42.4 Å². The summed E-state index contributed by atoms with van der Waals surface area (Å²) in [6.07, 6.45) is 5.46. The zero-order valence-corrected chi connectivity index (χ0v) is 13.4. The lowest BCUT2D eigenvalue weighted by atomic mass is 9.79. The minimum Gasteiger partial charge on any atom is -0.507 e. The average molecular weight is 287 g/mol. The van der Waals surface area contributed by atoms with Crippen LogP contribution in [-0.4, -0.2) is 11.2 Å². The molecule has 0 aliphatic heterocycles. The maximum Gasteiger partial charge on any atom is 0.235 e. The second kappa shape index (κ2) is 6.03. The zero-order chi connectivity index (χ0) is 15.6. The van der Waals surface area contributed by atoms with Gasteiger partial charge in [0.1, 0.15) is 11.3 Å². The van der Waals surface area contributed by atoms with Crippen LogP contribution >= 0.6 is 0 Å². The Balaban J connectivity index is 2.74. The van der Waals surface area contributed by atoms with Crippen molar-refractivity contribution in [2.75, 3.05) is 0 Å². The fourth-order valence-electron chi connectivity index (χ4n) is 3.52. The summed E-state index contributed by atoms with van der Waals surface area (Å²) in [6.45, 7) is 8.36. The van der Waals surface area contributed by atoms with Crippen LogP contribution in [0.1, 0.15) is 81.9 Å². The molecule has 0 amide bonds. The summed E-state index contributed by atoms with van der Waals surface area (Å²) in [5.74, 6) is 0.854. The third-order valence-corrected chi connectivity index (χ3v) is 4.64. The second-order valence-corrected chi connectivity index (χ2v) is 6.72. The molecule has 0 aromatic heterocycles. The maximum atomic E-state index is 11.0. The number of aromatic hydroxyl groups is 1. The summed E-state index contributed by atoms with van der Waals surface area (Å²) in [5, 5.41) is 10.9. The van der Waals surface area contributed by atoms with Gasteiger partial charge in [-0.2, -0.15) is 4.99 Å². The van der Waals surface area contributed by atoms with E-state index in [4.69, 9.17) is 0 Å². The number of isocyanates is 1. The number of phenolic OH excluding ortho intramolecular Hbond substituents is 1. The third-order valence-electron chi connectivity index (χ3n) is 4.64. The van der Waals surface area contributed by atoms with Crippen LogP contribution in [0.4, 0.5) is 0 Å². The van der Waals surface area contributed by atoms with Gasteiger partial charge in [-0.3, -0.25) is 0 Å². The van der Waals surface area contributed by atoms with Gasteiger partial charge in [-0.25, -0.2) is 4.79 Å². The van der Waals surface area contributed by atoms with E-state index in [1.807, 2.05) is 6.07 Å². The fourth-order valence-corrected chi connectivity index (χ4v) is 3.52. The van der Waals surface area contributed by atoms with Crippen molar-refractivity contribution in [3.05, 3.63) is 28.8 Å². The molecule has 1 N–H and O–H groups in total. The lowest BCUT2D eigenvalue weighted by Gasteiger charge is -2.29. The predicted molar refractivity (Wildman–Crippen MR) is 84.6 cm³/mol. The Morgan fingerprint density at radius 3 is 2.10 bits per heavy atom. The molecule has 1 fully saturated rings. The van der Waals surface area contributed by atoms with Crippen molar-refractivity contribution >= 4 is 6.08 Å². The van der Waals surface area contributed by atoms with E-state index in [1.54, 1.807) is 6.08 Å². The number of rotatable bonds is 4. The average Bonchev–Trinajstić information content (AvgIpc) is 2.87. The van der Waals surface area contributed by atoms with E-state index in [9.17, 15) is 9.90 Å². The summed E-state index contributed by atoms with van der Waals surface area (Å²) < 4.78 is 0. The highest BCUT2D eigenvalue weighted by molar-refractivity contribution is 5.53. The molecule has 0 spiro atoms. The molecule has 1 aliphatic rings. The van der Waals surface area contributed by atoms with Gasteiger partial charge in [-0.05, 0) is 35.8 Å². The summed E-state index contributed by atoms with van der Waals surface area (Å²) in [5.41, 5.74) is 2.32. The van der Waals surface area contributed by atoms with Gasteiger partial charge in [0.05, 0.1) is 0 Å². The van der Waals surface area contributed by atoms with Crippen molar-refractivity contribution < 1.29 is 9.90 Å². The van der Waals surface area contributed by atoms with Crippen molar-refractivity contribution in [2.45, 2.75) is 70.8 Å². The Kier molecular flexibility index (Phi) is 4.53. The minimum absolute atomic E-state index is 0.239. The van der Waals surface area contributed by atoms with Crippen LogP contribution in [0.15, 0.2) is 17.1 Å². The molecule has 3 nitrogen and oxygen atoms in total. The smallest absolute Gasteiger partial charge is 0.235 e. The molecule has 0 unspecified atom stereocenters. The monoisotopic (exact) mass is 287 g/mol. The first-order valence-corrected chi connectivity index (χ1v) is 7.88. The molecule has 1 aromatic rings. The number of nitrogens with zero attached hydrogens (tertiary/aromatic N) is 1. The van der Waals surface area contributed by atoms with Gasteiger partial charge in [0.15, 0.2) is 0 Å². The molecule has 21 heavy (non-hydrogen) atoms. The van der Waals surface area contributed by atoms with Gasteiger partial charge < -0.3 is 5.11 Å². The first-order chi connectivity index (χ1) is 9.93. The van der Waals surface area contributed by atoms with E-state index >= 15 is 0 Å². The van der Waals surface area contributed by atoms with Gasteiger partial charge in [0, 0.05) is 5.56 Å². The van der Waals surface area contributed by atoms with Crippen LogP contribution in [0.2, 0.25) is 0 Å². The number of hydrogen-bond donors (Lipinski definition) is 1. The number of aliphatic imine (C=N–C) groups is 1. The Labute approximate surface area is 127 Å². The molecule has 114 valence electrons. The molecule has 0 bridgehead atoms. The highest BCUT2D eigenvalue weighted by Crippen LogP contribution is 2.50. The number of benzene rings is 1. The van der Waals surface area contributed by atoms with Gasteiger partial charge >= 0.3 is 0 Å². The quantitative estimate of drug-likeness (QED) is 0.642. The fraction of sp³-hybridized carbons (Fsp3) is 0.611. The Hall–Kier alpha value is -1.60. The lowest BCUT2D eigenvalue weighted by molar-refractivity contribution is 0.398. The molecule has 1 saturated carbocycles. The Morgan fingerprint density at radius 2 is 1.62 bits per heavy atom. The number of carbonyl (C=O) groups excluding carboxylic acids is 1. The molecule has 1 aliphatic carbocycles. The molecule has 0 heterocycles. The lowest BCUT2D eigenvalue weighted by Crippen LogP contribution is -2.22. The largest absolute Gasteiger partial charge is 0.507 e. The van der Waals surface area contributed by atoms with Crippen molar-refractivity contribution in [1.82, 2.24) is 0 Å². The van der Waals surface area contributed by atoms with Crippen LogP contribution < -0.4 is 0 Å². The van der Waals surface area contributed by atoms with Crippen LogP contribution in [0.5, 0.6) is 5.75 Å². The molecule has 0 saturated heterocycles. The molecule has 3 heteroatoms. The molecule has 1 aromatic carbocycles. The van der Waals surface area contributed by atoms with E-state index in [-0.39, 0.29) is 11.8 Å². The van der Waals surface area contributed by atoms with Gasteiger partial charge in [-0.1, -0.05) is 52.7 Å². The second-order valence-electron chi connectivity index (χ2n) is 6.72. The summed E-state index contributed by atoms with van der Waals surface area (Å²) in [7, 11) is 0. The molecular weight excluding hydrogens is 262 g/mol. The van der Waals surface area contributed by atoms with E-state index < -0.39 is 5.54 Å². The highest BCUT2D eigenvalue weighted by atomic mass is 16.3. The SMILES string of the molecule is CC(C)c1ccc(C(C)C)c(C2(N=C=O)CCCC2)c1O. The van der Waals surface area contributed by atoms with E-state index in [0.29, 0.717) is 5.75 Å².